The first-order valence-electron chi connectivity index (χ1n) is 7.90. The van der Waals surface area contributed by atoms with E-state index in [2.05, 4.69) is 24.5 Å². The molecule has 1 heterocycles. The standard InChI is InChI=1S/C17H24Cl2N2/c1-3-5-7-13(4-2)12-21-15-9-6-8-14(19)17(15)20-16(21)10-11-18/h6,8-9,13H,3-5,7,10-12H2,1-2H3. The maximum absolute atomic E-state index is 6.29. The lowest BCUT2D eigenvalue weighted by molar-refractivity contribution is 0.390. The molecule has 2 nitrogen and oxygen atoms in total. The molecule has 21 heavy (non-hydrogen) atoms. The number of aryl methyl sites for hydroxylation is 1. The van der Waals surface area contributed by atoms with Gasteiger partial charge in [0.25, 0.3) is 0 Å². The Morgan fingerprint density at radius 1 is 1.29 bits per heavy atom. The van der Waals surface area contributed by atoms with Crippen molar-refractivity contribution in [2.45, 2.75) is 52.5 Å². The number of aromatic nitrogens is 2. The van der Waals surface area contributed by atoms with Crippen molar-refractivity contribution in [1.29, 1.82) is 0 Å². The fourth-order valence-electron chi connectivity index (χ4n) is 2.82. The van der Waals surface area contributed by atoms with Gasteiger partial charge in [-0.2, -0.15) is 0 Å². The van der Waals surface area contributed by atoms with E-state index in [0.29, 0.717) is 11.8 Å². The number of unbranched alkanes of at least 4 members (excludes halogenated alkanes) is 1. The van der Waals surface area contributed by atoms with Crippen molar-refractivity contribution in [3.8, 4) is 0 Å². The second-order valence-electron chi connectivity index (χ2n) is 5.60. The van der Waals surface area contributed by atoms with Crippen LogP contribution >= 0.6 is 23.2 Å². The van der Waals surface area contributed by atoms with Crippen LogP contribution in [-0.4, -0.2) is 15.4 Å². The number of alkyl halides is 1. The van der Waals surface area contributed by atoms with E-state index in [1.54, 1.807) is 0 Å². The van der Waals surface area contributed by atoms with Gasteiger partial charge in [-0.3, -0.25) is 0 Å². The molecule has 1 atom stereocenters. The molecule has 0 aliphatic carbocycles. The summed E-state index contributed by atoms with van der Waals surface area (Å²) in [7, 11) is 0. The lowest BCUT2D eigenvalue weighted by Crippen LogP contribution is -2.13. The molecule has 1 unspecified atom stereocenters. The highest BCUT2D eigenvalue weighted by molar-refractivity contribution is 6.34. The number of hydrogen-bond acceptors (Lipinski definition) is 1. The first kappa shape index (κ1) is 16.6. The van der Waals surface area contributed by atoms with Crippen molar-refractivity contribution >= 4 is 34.2 Å². The van der Waals surface area contributed by atoms with Gasteiger partial charge >= 0.3 is 0 Å². The van der Waals surface area contributed by atoms with Gasteiger partial charge in [0.1, 0.15) is 11.3 Å². The summed E-state index contributed by atoms with van der Waals surface area (Å²) >= 11 is 12.2. The van der Waals surface area contributed by atoms with E-state index in [1.165, 1.54) is 25.7 Å². The van der Waals surface area contributed by atoms with E-state index in [-0.39, 0.29) is 0 Å². The fraction of sp³-hybridized carbons (Fsp3) is 0.588. The number of halogens is 2. The summed E-state index contributed by atoms with van der Waals surface area (Å²) in [6.07, 6.45) is 5.79. The molecule has 0 radical (unpaired) electrons. The molecule has 0 aliphatic rings. The molecule has 2 rings (SSSR count). The molecular formula is C17H24Cl2N2. The zero-order valence-corrected chi connectivity index (χ0v) is 14.4. The third kappa shape index (κ3) is 3.92. The lowest BCUT2D eigenvalue weighted by Gasteiger charge is -2.17. The van der Waals surface area contributed by atoms with E-state index in [0.717, 1.165) is 34.8 Å². The Kier molecular flexibility index (Phi) is 6.38. The van der Waals surface area contributed by atoms with Crippen molar-refractivity contribution in [3.63, 3.8) is 0 Å². The molecule has 2 aromatic rings. The molecule has 1 aromatic carbocycles. The number of rotatable bonds is 8. The first-order chi connectivity index (χ1) is 10.2. The largest absolute Gasteiger partial charge is 0.328 e. The van der Waals surface area contributed by atoms with Crippen molar-refractivity contribution < 1.29 is 0 Å². The van der Waals surface area contributed by atoms with Gasteiger partial charge in [0.05, 0.1) is 10.5 Å². The molecule has 0 aliphatic heterocycles. The smallest absolute Gasteiger partial charge is 0.111 e. The molecule has 0 saturated heterocycles. The third-order valence-electron chi connectivity index (χ3n) is 4.11. The average molecular weight is 327 g/mol. The topological polar surface area (TPSA) is 17.8 Å². The number of nitrogens with zero attached hydrogens (tertiary/aromatic N) is 2. The van der Waals surface area contributed by atoms with Crippen LogP contribution in [0.5, 0.6) is 0 Å². The maximum atomic E-state index is 6.29. The van der Waals surface area contributed by atoms with Gasteiger partial charge in [-0.05, 0) is 24.5 Å². The van der Waals surface area contributed by atoms with Crippen LogP contribution in [-0.2, 0) is 13.0 Å². The Morgan fingerprint density at radius 2 is 2.10 bits per heavy atom. The summed E-state index contributed by atoms with van der Waals surface area (Å²) in [4.78, 5) is 4.72. The minimum absolute atomic E-state index is 0.590. The van der Waals surface area contributed by atoms with Gasteiger partial charge in [0.15, 0.2) is 0 Å². The van der Waals surface area contributed by atoms with E-state index in [4.69, 9.17) is 28.2 Å². The summed E-state index contributed by atoms with van der Waals surface area (Å²) in [5.41, 5.74) is 2.04. The van der Waals surface area contributed by atoms with Gasteiger partial charge in [-0.15, -0.1) is 11.6 Å². The van der Waals surface area contributed by atoms with E-state index in [1.807, 2.05) is 12.1 Å². The first-order valence-corrected chi connectivity index (χ1v) is 8.82. The van der Waals surface area contributed by atoms with Crippen LogP contribution in [0.25, 0.3) is 11.0 Å². The molecule has 1 aromatic heterocycles. The summed E-state index contributed by atoms with van der Waals surface area (Å²) in [5.74, 6) is 2.34. The summed E-state index contributed by atoms with van der Waals surface area (Å²) < 4.78 is 2.33. The fourth-order valence-corrected chi connectivity index (χ4v) is 3.20. The number of hydrogen-bond donors (Lipinski definition) is 0. The molecule has 116 valence electrons. The van der Waals surface area contributed by atoms with Gasteiger partial charge in [0, 0.05) is 18.8 Å². The third-order valence-corrected chi connectivity index (χ3v) is 4.60. The SMILES string of the molecule is CCCCC(CC)Cn1c(CCCl)nc2c(Cl)cccc21. The van der Waals surface area contributed by atoms with Gasteiger partial charge in [-0.1, -0.05) is 50.8 Å². The van der Waals surface area contributed by atoms with Gasteiger partial charge in [-0.25, -0.2) is 4.98 Å². The van der Waals surface area contributed by atoms with Crippen molar-refractivity contribution in [2.24, 2.45) is 5.92 Å². The van der Waals surface area contributed by atoms with Crippen molar-refractivity contribution in [3.05, 3.63) is 29.0 Å². The van der Waals surface area contributed by atoms with Crippen molar-refractivity contribution in [1.82, 2.24) is 9.55 Å². The van der Waals surface area contributed by atoms with Crippen LogP contribution in [0.2, 0.25) is 5.02 Å². The van der Waals surface area contributed by atoms with E-state index < -0.39 is 0 Å². The molecule has 0 N–H and O–H groups in total. The van der Waals surface area contributed by atoms with Gasteiger partial charge in [0.2, 0.25) is 0 Å². The number of imidazole rings is 1. The summed E-state index contributed by atoms with van der Waals surface area (Å²) in [6, 6.07) is 6.01. The molecule has 0 fully saturated rings. The second-order valence-corrected chi connectivity index (χ2v) is 6.39. The Morgan fingerprint density at radius 3 is 2.76 bits per heavy atom. The van der Waals surface area contributed by atoms with E-state index >= 15 is 0 Å². The highest BCUT2D eigenvalue weighted by atomic mass is 35.5. The van der Waals surface area contributed by atoms with Gasteiger partial charge < -0.3 is 4.57 Å². The Labute approximate surface area is 137 Å². The van der Waals surface area contributed by atoms with Crippen LogP contribution in [0.15, 0.2) is 18.2 Å². The zero-order valence-electron chi connectivity index (χ0n) is 12.9. The van der Waals surface area contributed by atoms with Crippen LogP contribution in [0.1, 0.15) is 45.4 Å². The lowest BCUT2D eigenvalue weighted by atomic mass is 9.99. The predicted octanol–water partition coefficient (Wildman–Crippen LogP) is 5.69. The highest BCUT2D eigenvalue weighted by Crippen LogP contribution is 2.26. The Hall–Kier alpha value is -0.730. The van der Waals surface area contributed by atoms with Crippen LogP contribution in [0.3, 0.4) is 0 Å². The molecule has 0 amide bonds. The summed E-state index contributed by atoms with van der Waals surface area (Å²) in [6.45, 7) is 5.53. The molecule has 0 saturated carbocycles. The molecule has 0 spiro atoms. The Balaban J connectivity index is 2.35. The molecule has 0 bridgehead atoms. The van der Waals surface area contributed by atoms with Crippen LogP contribution in [0.4, 0.5) is 0 Å². The monoisotopic (exact) mass is 326 g/mol. The minimum atomic E-state index is 0.590. The number of para-hydroxylation sites is 1. The zero-order chi connectivity index (χ0) is 15.2. The summed E-state index contributed by atoms with van der Waals surface area (Å²) in [5, 5.41) is 0.726. The number of benzene rings is 1. The Bertz CT molecular complexity index is 577. The second kappa shape index (κ2) is 8.05. The maximum Gasteiger partial charge on any atom is 0.111 e. The van der Waals surface area contributed by atoms with E-state index in [9.17, 15) is 0 Å². The quantitative estimate of drug-likeness (QED) is 0.570. The predicted molar refractivity (Wildman–Crippen MR) is 92.5 cm³/mol. The molecular weight excluding hydrogens is 303 g/mol. The van der Waals surface area contributed by atoms with Crippen LogP contribution < -0.4 is 0 Å². The van der Waals surface area contributed by atoms with Crippen LogP contribution in [0, 0.1) is 5.92 Å². The number of fused-ring (bicyclic) bond motifs is 1. The minimum Gasteiger partial charge on any atom is -0.328 e. The normalized spacial score (nSPS) is 13.0. The average Bonchev–Trinajstić information content (AvgIpc) is 2.83. The van der Waals surface area contributed by atoms with Crippen molar-refractivity contribution in [2.75, 3.05) is 5.88 Å². The highest BCUT2D eigenvalue weighted by Gasteiger charge is 2.15. The molecule has 4 heteroatoms.